The van der Waals surface area contributed by atoms with E-state index in [1.165, 1.54) is 0 Å². The van der Waals surface area contributed by atoms with Crippen molar-refractivity contribution in [3.63, 3.8) is 0 Å². The molecule has 1 fully saturated rings. The zero-order valence-electron chi connectivity index (χ0n) is 8.20. The second-order valence-corrected chi connectivity index (χ2v) is 5.28. The number of fused-ring (bicyclic) bond motifs is 1. The van der Waals surface area contributed by atoms with E-state index in [9.17, 15) is 13.2 Å². The summed E-state index contributed by atoms with van der Waals surface area (Å²) in [5, 5.41) is 0. The van der Waals surface area contributed by atoms with Crippen molar-refractivity contribution in [2.45, 2.75) is 30.8 Å². The van der Waals surface area contributed by atoms with Crippen molar-refractivity contribution in [1.82, 2.24) is 0 Å². The number of halogens is 4. The topological polar surface area (TPSA) is 9.23 Å². The average Bonchev–Trinajstić information content (AvgIpc) is 2.87. The Balaban J connectivity index is 2.19. The predicted molar refractivity (Wildman–Crippen MR) is 55.2 cm³/mol. The second kappa shape index (κ2) is 2.94. The van der Waals surface area contributed by atoms with E-state index in [2.05, 4.69) is 15.9 Å². The first-order valence-electron chi connectivity index (χ1n) is 4.98. The Bertz CT molecular complexity index is 469. The highest BCUT2D eigenvalue weighted by atomic mass is 79.9. The first-order valence-corrected chi connectivity index (χ1v) is 5.78. The molecule has 1 spiro atoms. The second-order valence-electron chi connectivity index (χ2n) is 4.43. The van der Waals surface area contributed by atoms with Crippen LogP contribution in [0.3, 0.4) is 0 Å². The number of ether oxygens (including phenoxy) is 1. The van der Waals surface area contributed by atoms with Crippen LogP contribution in [0.15, 0.2) is 16.6 Å². The van der Waals surface area contributed by atoms with E-state index in [0.29, 0.717) is 12.8 Å². The summed E-state index contributed by atoms with van der Waals surface area (Å²) >= 11 is 3.07. The van der Waals surface area contributed by atoms with Crippen molar-refractivity contribution in [3.8, 4) is 5.75 Å². The monoisotopic (exact) mass is 292 g/mol. The number of hydrogen-bond donors (Lipinski definition) is 0. The van der Waals surface area contributed by atoms with Gasteiger partial charge in [0.25, 0.3) is 5.92 Å². The Morgan fingerprint density at radius 3 is 2.56 bits per heavy atom. The predicted octanol–water partition coefficient (Wildman–Crippen LogP) is 4.00. The molecule has 1 aromatic rings. The van der Waals surface area contributed by atoms with Crippen LogP contribution in [-0.4, -0.2) is 5.60 Å². The van der Waals surface area contributed by atoms with Gasteiger partial charge in [0.05, 0.1) is 16.5 Å². The van der Waals surface area contributed by atoms with E-state index >= 15 is 0 Å². The van der Waals surface area contributed by atoms with Gasteiger partial charge in [-0.25, -0.2) is 13.2 Å². The quantitative estimate of drug-likeness (QED) is 0.702. The van der Waals surface area contributed by atoms with Gasteiger partial charge >= 0.3 is 0 Å². The average molecular weight is 293 g/mol. The number of benzene rings is 1. The fourth-order valence-corrected chi connectivity index (χ4v) is 2.62. The normalized spacial score (nSPS) is 23.8. The highest BCUT2D eigenvalue weighted by Crippen LogP contribution is 2.57. The minimum Gasteiger partial charge on any atom is -0.485 e. The molecule has 1 aromatic carbocycles. The van der Waals surface area contributed by atoms with Crippen LogP contribution in [0.1, 0.15) is 24.8 Å². The van der Waals surface area contributed by atoms with Gasteiger partial charge in [0.15, 0.2) is 0 Å². The zero-order valence-corrected chi connectivity index (χ0v) is 9.78. The fourth-order valence-electron chi connectivity index (χ4n) is 2.11. The highest BCUT2D eigenvalue weighted by Gasteiger charge is 2.58. The maximum atomic E-state index is 13.8. The molecule has 0 aromatic heterocycles. The molecule has 1 saturated carbocycles. The molecule has 0 unspecified atom stereocenters. The first kappa shape index (κ1) is 10.4. The van der Waals surface area contributed by atoms with Gasteiger partial charge in [0, 0.05) is 0 Å². The van der Waals surface area contributed by atoms with Crippen LogP contribution >= 0.6 is 15.9 Å². The lowest BCUT2D eigenvalue weighted by atomic mass is 9.96. The van der Waals surface area contributed by atoms with Gasteiger partial charge in [0.1, 0.15) is 17.2 Å². The molecule has 86 valence electrons. The molecule has 1 nitrogen and oxygen atoms in total. The molecular formula is C11H8BrF3O. The lowest BCUT2D eigenvalue weighted by Crippen LogP contribution is -2.34. The smallest absolute Gasteiger partial charge is 0.280 e. The van der Waals surface area contributed by atoms with E-state index in [1.807, 2.05) is 0 Å². The van der Waals surface area contributed by atoms with Crippen molar-refractivity contribution in [1.29, 1.82) is 0 Å². The molecule has 0 amide bonds. The number of alkyl halides is 2. The van der Waals surface area contributed by atoms with Crippen molar-refractivity contribution in [2.24, 2.45) is 0 Å². The Morgan fingerprint density at radius 2 is 1.94 bits per heavy atom. The van der Waals surface area contributed by atoms with Crippen LogP contribution < -0.4 is 4.74 Å². The summed E-state index contributed by atoms with van der Waals surface area (Å²) in [5.74, 6) is -3.59. The van der Waals surface area contributed by atoms with Gasteiger partial charge < -0.3 is 4.74 Å². The van der Waals surface area contributed by atoms with Crippen LogP contribution in [0.25, 0.3) is 0 Å². The molecule has 0 bridgehead atoms. The molecule has 1 aliphatic heterocycles. The van der Waals surface area contributed by atoms with E-state index in [0.717, 1.165) is 12.1 Å². The first-order chi connectivity index (χ1) is 7.42. The van der Waals surface area contributed by atoms with Crippen LogP contribution in [0, 0.1) is 5.82 Å². The number of hydrogen-bond acceptors (Lipinski definition) is 1. The Labute approximate surface area is 98.7 Å². The summed E-state index contributed by atoms with van der Waals surface area (Å²) in [5.41, 5.74) is -1.06. The van der Waals surface area contributed by atoms with E-state index in [4.69, 9.17) is 4.74 Å². The third-order valence-electron chi connectivity index (χ3n) is 3.07. The van der Waals surface area contributed by atoms with Crippen molar-refractivity contribution in [3.05, 3.63) is 28.0 Å². The van der Waals surface area contributed by atoms with Crippen LogP contribution in [-0.2, 0) is 5.92 Å². The van der Waals surface area contributed by atoms with Crippen molar-refractivity contribution in [2.75, 3.05) is 0 Å². The summed E-state index contributed by atoms with van der Waals surface area (Å²) in [4.78, 5) is 0. The molecule has 2 aliphatic rings. The third kappa shape index (κ3) is 1.44. The van der Waals surface area contributed by atoms with Crippen LogP contribution in [0.4, 0.5) is 13.2 Å². The minimum atomic E-state index is -3.01. The van der Waals surface area contributed by atoms with Crippen LogP contribution in [0.5, 0.6) is 5.75 Å². The van der Waals surface area contributed by atoms with Crippen molar-refractivity contribution < 1.29 is 17.9 Å². The maximum Gasteiger partial charge on any atom is 0.280 e. The summed E-state index contributed by atoms with van der Waals surface area (Å²) < 4.78 is 46.6. The molecule has 1 heterocycles. The SMILES string of the molecule is Fc1cc(Br)c2c(c1)C(F)(F)CC1(CC1)O2. The lowest BCUT2D eigenvalue weighted by molar-refractivity contribution is -0.0734. The van der Waals surface area contributed by atoms with Gasteiger partial charge in [0.2, 0.25) is 0 Å². The third-order valence-corrected chi connectivity index (χ3v) is 3.66. The van der Waals surface area contributed by atoms with Gasteiger partial charge in [-0.1, -0.05) is 0 Å². The Morgan fingerprint density at radius 1 is 1.25 bits per heavy atom. The Kier molecular flexibility index (Phi) is 1.92. The van der Waals surface area contributed by atoms with Gasteiger partial charge in [-0.15, -0.1) is 0 Å². The standard InChI is InChI=1S/C11H8BrF3O/c12-8-4-6(13)3-7-9(8)16-10(1-2-10)5-11(7,14)15/h3-4H,1-2,5H2. The maximum absolute atomic E-state index is 13.8. The molecule has 0 radical (unpaired) electrons. The molecule has 0 atom stereocenters. The summed E-state index contributed by atoms with van der Waals surface area (Å²) in [6.45, 7) is 0. The zero-order chi connectivity index (χ0) is 11.6. The Hall–Kier alpha value is -0.710. The van der Waals surface area contributed by atoms with E-state index in [-0.39, 0.29) is 22.2 Å². The minimum absolute atomic E-state index is 0.0927. The van der Waals surface area contributed by atoms with Gasteiger partial charge in [-0.05, 0) is 40.9 Å². The summed E-state index contributed by atoms with van der Waals surface area (Å²) in [7, 11) is 0. The molecule has 1 aliphatic carbocycles. The lowest BCUT2D eigenvalue weighted by Gasteiger charge is -2.32. The molecular weight excluding hydrogens is 285 g/mol. The van der Waals surface area contributed by atoms with Gasteiger partial charge in [-0.2, -0.15) is 0 Å². The molecule has 16 heavy (non-hydrogen) atoms. The summed E-state index contributed by atoms with van der Waals surface area (Å²) in [6, 6.07) is 2.01. The molecule has 0 N–H and O–H groups in total. The van der Waals surface area contributed by atoms with Gasteiger partial charge in [-0.3, -0.25) is 0 Å². The van der Waals surface area contributed by atoms with Crippen LogP contribution in [0.2, 0.25) is 0 Å². The summed E-state index contributed by atoms with van der Waals surface area (Å²) in [6.07, 6.45) is 0.945. The number of rotatable bonds is 0. The largest absolute Gasteiger partial charge is 0.485 e. The fraction of sp³-hybridized carbons (Fsp3) is 0.455. The molecule has 3 rings (SSSR count). The molecule has 0 saturated heterocycles. The van der Waals surface area contributed by atoms with E-state index in [1.54, 1.807) is 0 Å². The molecule has 5 heteroatoms. The highest BCUT2D eigenvalue weighted by molar-refractivity contribution is 9.10. The van der Waals surface area contributed by atoms with E-state index < -0.39 is 17.3 Å². The van der Waals surface area contributed by atoms with Crippen molar-refractivity contribution >= 4 is 15.9 Å².